The lowest BCUT2D eigenvalue weighted by atomic mass is 10.3. The molecule has 1 atom stereocenters. The van der Waals surface area contributed by atoms with Gasteiger partial charge >= 0.3 is 0 Å². The summed E-state index contributed by atoms with van der Waals surface area (Å²) in [5.74, 6) is 0.00282. The second kappa shape index (κ2) is 8.06. The minimum Gasteiger partial charge on any atom is -0.358 e. The molecule has 1 amide bonds. The highest BCUT2D eigenvalue weighted by Crippen LogP contribution is 2.26. The standard InChI is InChI=1S/C15H20N2OS3/c1-11(21-15(19)17-9-5-6-10-17)14(18)16-12-7-3-4-8-13(12)20-2/h3-4,7-8,11H,5-6,9-10H2,1-2H3,(H,16,18). The number of thioether (sulfide) groups is 2. The number of likely N-dealkylation sites (tertiary alicyclic amines) is 1. The maximum absolute atomic E-state index is 12.3. The molecular formula is C15H20N2OS3. The van der Waals surface area contributed by atoms with Crippen LogP contribution < -0.4 is 5.32 Å². The molecule has 0 spiro atoms. The summed E-state index contributed by atoms with van der Waals surface area (Å²) in [7, 11) is 0. The Hall–Kier alpha value is -0.720. The zero-order valence-corrected chi connectivity index (χ0v) is 14.7. The molecule has 0 aliphatic carbocycles. The number of benzene rings is 1. The normalized spacial score (nSPS) is 15.8. The number of nitrogens with one attached hydrogen (secondary N) is 1. The smallest absolute Gasteiger partial charge is 0.237 e. The van der Waals surface area contributed by atoms with Crippen LogP contribution in [0.25, 0.3) is 0 Å². The number of amides is 1. The minimum absolute atomic E-state index is 0.00282. The molecule has 1 unspecified atom stereocenters. The van der Waals surface area contributed by atoms with Crippen molar-refractivity contribution in [3.8, 4) is 0 Å². The van der Waals surface area contributed by atoms with Crippen LogP contribution in [0.1, 0.15) is 19.8 Å². The first-order valence-electron chi connectivity index (χ1n) is 7.01. The summed E-state index contributed by atoms with van der Waals surface area (Å²) in [6, 6.07) is 7.84. The van der Waals surface area contributed by atoms with Crippen molar-refractivity contribution in [2.24, 2.45) is 0 Å². The van der Waals surface area contributed by atoms with E-state index in [1.54, 1.807) is 11.8 Å². The van der Waals surface area contributed by atoms with Crippen molar-refractivity contribution in [3.63, 3.8) is 0 Å². The van der Waals surface area contributed by atoms with Crippen LogP contribution in [0.3, 0.4) is 0 Å². The summed E-state index contributed by atoms with van der Waals surface area (Å²) in [5, 5.41) is 2.81. The summed E-state index contributed by atoms with van der Waals surface area (Å²) in [4.78, 5) is 15.6. The molecule has 21 heavy (non-hydrogen) atoms. The van der Waals surface area contributed by atoms with E-state index in [4.69, 9.17) is 12.2 Å². The van der Waals surface area contributed by atoms with Crippen LogP contribution in [0.2, 0.25) is 0 Å². The number of anilines is 1. The topological polar surface area (TPSA) is 32.3 Å². The largest absolute Gasteiger partial charge is 0.358 e. The second-order valence-corrected chi connectivity index (χ2v) is 7.73. The Morgan fingerprint density at radius 1 is 1.33 bits per heavy atom. The molecule has 2 rings (SSSR count). The van der Waals surface area contributed by atoms with E-state index in [-0.39, 0.29) is 11.2 Å². The van der Waals surface area contributed by atoms with E-state index >= 15 is 0 Å². The van der Waals surface area contributed by atoms with Crippen molar-refractivity contribution in [3.05, 3.63) is 24.3 Å². The molecule has 1 aliphatic heterocycles. The van der Waals surface area contributed by atoms with Gasteiger partial charge in [-0.25, -0.2) is 0 Å². The summed E-state index contributed by atoms with van der Waals surface area (Å²) < 4.78 is 0.841. The van der Waals surface area contributed by atoms with E-state index in [9.17, 15) is 4.79 Å². The van der Waals surface area contributed by atoms with Gasteiger partial charge in [0, 0.05) is 18.0 Å². The van der Waals surface area contributed by atoms with Crippen LogP contribution in [0.5, 0.6) is 0 Å². The molecule has 1 saturated heterocycles. The van der Waals surface area contributed by atoms with Crippen LogP contribution in [0.4, 0.5) is 5.69 Å². The highest BCUT2D eigenvalue weighted by Gasteiger charge is 2.21. The first kappa shape index (κ1) is 16.6. The quantitative estimate of drug-likeness (QED) is 0.665. The van der Waals surface area contributed by atoms with Gasteiger partial charge in [0.15, 0.2) is 0 Å². The van der Waals surface area contributed by atoms with E-state index < -0.39 is 0 Å². The van der Waals surface area contributed by atoms with Crippen LogP contribution in [0, 0.1) is 0 Å². The van der Waals surface area contributed by atoms with Crippen molar-refractivity contribution in [2.75, 3.05) is 24.7 Å². The molecule has 1 N–H and O–H groups in total. The van der Waals surface area contributed by atoms with Gasteiger partial charge in [-0.05, 0) is 38.2 Å². The van der Waals surface area contributed by atoms with Gasteiger partial charge in [0.05, 0.1) is 10.9 Å². The van der Waals surface area contributed by atoms with Crippen molar-refractivity contribution >= 4 is 51.7 Å². The Kier molecular flexibility index (Phi) is 6.39. The molecular weight excluding hydrogens is 320 g/mol. The van der Waals surface area contributed by atoms with Crippen LogP contribution in [-0.4, -0.2) is 39.7 Å². The summed E-state index contributed by atoms with van der Waals surface area (Å²) in [5.41, 5.74) is 0.870. The maximum atomic E-state index is 12.3. The Bertz CT molecular complexity index is 515. The van der Waals surface area contributed by atoms with Gasteiger partial charge in [-0.1, -0.05) is 36.1 Å². The van der Waals surface area contributed by atoms with Gasteiger partial charge < -0.3 is 10.2 Å². The van der Waals surface area contributed by atoms with E-state index in [0.717, 1.165) is 28.0 Å². The number of nitrogens with zero attached hydrogens (tertiary/aromatic N) is 1. The number of carbonyl (C=O) groups is 1. The number of carbonyl (C=O) groups excluding carboxylic acids is 1. The minimum atomic E-state index is -0.187. The predicted molar refractivity (Wildman–Crippen MR) is 97.3 cm³/mol. The highest BCUT2D eigenvalue weighted by atomic mass is 32.2. The molecule has 0 bridgehead atoms. The molecule has 0 radical (unpaired) electrons. The third kappa shape index (κ3) is 4.63. The lowest BCUT2D eigenvalue weighted by Crippen LogP contribution is -2.29. The highest BCUT2D eigenvalue weighted by molar-refractivity contribution is 8.23. The SMILES string of the molecule is CSc1ccccc1NC(=O)C(C)SC(=S)N1CCCC1. The van der Waals surface area contributed by atoms with E-state index in [2.05, 4.69) is 10.2 Å². The van der Waals surface area contributed by atoms with Gasteiger partial charge in [0.2, 0.25) is 5.91 Å². The Labute approximate surface area is 140 Å². The lowest BCUT2D eigenvalue weighted by molar-refractivity contribution is -0.115. The molecule has 0 saturated carbocycles. The third-order valence-corrected chi connectivity index (χ3v) is 5.75. The first-order chi connectivity index (χ1) is 10.1. The summed E-state index contributed by atoms with van der Waals surface area (Å²) >= 11 is 8.53. The number of hydrogen-bond donors (Lipinski definition) is 1. The van der Waals surface area contributed by atoms with E-state index in [0.29, 0.717) is 0 Å². The molecule has 1 aromatic rings. The molecule has 1 heterocycles. The fraction of sp³-hybridized carbons (Fsp3) is 0.467. The average Bonchev–Trinajstić information content (AvgIpc) is 3.02. The fourth-order valence-electron chi connectivity index (χ4n) is 2.16. The predicted octanol–water partition coefficient (Wildman–Crippen LogP) is 3.85. The van der Waals surface area contributed by atoms with Gasteiger partial charge in [-0.15, -0.1) is 11.8 Å². The Balaban J connectivity index is 1.91. The van der Waals surface area contributed by atoms with Gasteiger partial charge in [0.1, 0.15) is 4.32 Å². The molecule has 0 aromatic heterocycles. The average molecular weight is 341 g/mol. The van der Waals surface area contributed by atoms with Crippen molar-refractivity contribution in [2.45, 2.75) is 29.9 Å². The number of para-hydroxylation sites is 1. The maximum Gasteiger partial charge on any atom is 0.237 e. The van der Waals surface area contributed by atoms with Crippen molar-refractivity contribution < 1.29 is 4.79 Å². The monoisotopic (exact) mass is 340 g/mol. The molecule has 114 valence electrons. The molecule has 6 heteroatoms. The van der Waals surface area contributed by atoms with Crippen molar-refractivity contribution in [1.29, 1.82) is 0 Å². The van der Waals surface area contributed by atoms with Crippen molar-refractivity contribution in [1.82, 2.24) is 4.90 Å². The van der Waals surface area contributed by atoms with Crippen LogP contribution >= 0.6 is 35.7 Å². The van der Waals surface area contributed by atoms with Crippen LogP contribution in [-0.2, 0) is 4.79 Å². The Morgan fingerprint density at radius 3 is 2.67 bits per heavy atom. The first-order valence-corrected chi connectivity index (χ1v) is 9.52. The van der Waals surface area contributed by atoms with E-state index in [1.807, 2.05) is 37.4 Å². The molecule has 1 aromatic carbocycles. The van der Waals surface area contributed by atoms with Gasteiger partial charge in [0.25, 0.3) is 0 Å². The zero-order chi connectivity index (χ0) is 15.2. The van der Waals surface area contributed by atoms with E-state index in [1.165, 1.54) is 24.6 Å². The summed E-state index contributed by atoms with van der Waals surface area (Å²) in [6.45, 7) is 3.95. The van der Waals surface area contributed by atoms with Crippen LogP contribution in [0.15, 0.2) is 29.2 Å². The van der Waals surface area contributed by atoms with Gasteiger partial charge in [-0.3, -0.25) is 4.79 Å². The number of hydrogen-bond acceptors (Lipinski definition) is 4. The third-order valence-electron chi connectivity index (χ3n) is 3.38. The lowest BCUT2D eigenvalue weighted by Gasteiger charge is -2.20. The summed E-state index contributed by atoms with van der Waals surface area (Å²) in [6.07, 6.45) is 4.40. The number of rotatable bonds is 4. The zero-order valence-electron chi connectivity index (χ0n) is 12.3. The second-order valence-electron chi connectivity index (χ2n) is 4.91. The molecule has 1 fully saturated rings. The molecule has 1 aliphatic rings. The molecule has 3 nitrogen and oxygen atoms in total. The Morgan fingerprint density at radius 2 is 2.00 bits per heavy atom. The number of thiocarbonyl (C=S) groups is 1. The fourth-order valence-corrected chi connectivity index (χ4v) is 4.13. The van der Waals surface area contributed by atoms with Gasteiger partial charge in [-0.2, -0.15) is 0 Å².